The smallest absolute Gasteiger partial charge is 0.0623 e. The summed E-state index contributed by atoms with van der Waals surface area (Å²) < 4.78 is 6.07. The highest BCUT2D eigenvalue weighted by Crippen LogP contribution is 2.41. The van der Waals surface area contributed by atoms with Gasteiger partial charge in [0.05, 0.1) is 12.2 Å². The van der Waals surface area contributed by atoms with Gasteiger partial charge in [0.2, 0.25) is 0 Å². The van der Waals surface area contributed by atoms with E-state index in [2.05, 4.69) is 44.3 Å². The van der Waals surface area contributed by atoms with E-state index in [9.17, 15) is 0 Å². The lowest BCUT2D eigenvalue weighted by Crippen LogP contribution is -2.42. The summed E-state index contributed by atoms with van der Waals surface area (Å²) in [4.78, 5) is 0. The van der Waals surface area contributed by atoms with Crippen molar-refractivity contribution in [2.75, 3.05) is 6.54 Å². The van der Waals surface area contributed by atoms with Crippen molar-refractivity contribution >= 4 is 0 Å². The summed E-state index contributed by atoms with van der Waals surface area (Å²) in [7, 11) is 0. The minimum Gasteiger partial charge on any atom is -0.375 e. The first-order chi connectivity index (χ1) is 9.69. The Kier molecular flexibility index (Phi) is 4.13. The van der Waals surface area contributed by atoms with E-state index >= 15 is 0 Å². The average Bonchev–Trinajstić information content (AvgIpc) is 3.04. The number of hydrogen-bond donors (Lipinski definition) is 1. The largest absolute Gasteiger partial charge is 0.375 e. The van der Waals surface area contributed by atoms with E-state index in [1.165, 1.54) is 36.0 Å². The van der Waals surface area contributed by atoms with Gasteiger partial charge in [-0.1, -0.05) is 25.1 Å². The molecular formula is C18H27NO. The van der Waals surface area contributed by atoms with Crippen molar-refractivity contribution < 1.29 is 4.74 Å². The van der Waals surface area contributed by atoms with Crippen LogP contribution in [0.5, 0.6) is 0 Å². The van der Waals surface area contributed by atoms with Gasteiger partial charge in [-0.25, -0.2) is 0 Å². The second-order valence-corrected chi connectivity index (χ2v) is 6.51. The zero-order valence-electron chi connectivity index (χ0n) is 13.0. The fourth-order valence-corrected chi connectivity index (χ4v) is 4.13. The summed E-state index contributed by atoms with van der Waals surface area (Å²) >= 11 is 0. The van der Waals surface area contributed by atoms with Gasteiger partial charge in [-0.2, -0.15) is 0 Å². The van der Waals surface area contributed by atoms with Crippen LogP contribution in [0.3, 0.4) is 0 Å². The Balaban J connectivity index is 1.77. The minimum atomic E-state index is 0.508. The molecule has 2 nitrogen and oxygen atoms in total. The van der Waals surface area contributed by atoms with Gasteiger partial charge < -0.3 is 10.1 Å². The molecule has 0 radical (unpaired) electrons. The molecule has 0 aliphatic carbocycles. The van der Waals surface area contributed by atoms with Gasteiger partial charge in [0.1, 0.15) is 0 Å². The Labute approximate surface area is 122 Å². The highest BCUT2D eigenvalue weighted by Gasteiger charge is 2.44. The van der Waals surface area contributed by atoms with Crippen LogP contribution in [0.15, 0.2) is 18.2 Å². The van der Waals surface area contributed by atoms with E-state index in [1.54, 1.807) is 0 Å². The molecule has 0 amide bonds. The normalized spacial score (nSPS) is 29.9. The second-order valence-electron chi connectivity index (χ2n) is 6.51. The number of hydrogen-bond acceptors (Lipinski definition) is 2. The van der Waals surface area contributed by atoms with E-state index < -0.39 is 0 Å². The maximum Gasteiger partial charge on any atom is 0.0623 e. The number of benzene rings is 1. The van der Waals surface area contributed by atoms with Crippen LogP contribution >= 0.6 is 0 Å². The molecule has 1 N–H and O–H groups in total. The van der Waals surface area contributed by atoms with E-state index in [-0.39, 0.29) is 0 Å². The van der Waals surface area contributed by atoms with Gasteiger partial charge in [-0.15, -0.1) is 0 Å². The number of ether oxygens (including phenoxy) is 1. The van der Waals surface area contributed by atoms with Crippen molar-refractivity contribution in [2.45, 2.75) is 64.7 Å². The van der Waals surface area contributed by atoms with Gasteiger partial charge in [0, 0.05) is 12.0 Å². The molecule has 2 fully saturated rings. The predicted molar refractivity (Wildman–Crippen MR) is 83.1 cm³/mol. The third kappa shape index (κ3) is 2.64. The monoisotopic (exact) mass is 273 g/mol. The van der Waals surface area contributed by atoms with Crippen LogP contribution in [0.4, 0.5) is 0 Å². The quantitative estimate of drug-likeness (QED) is 0.888. The first-order valence-electron chi connectivity index (χ1n) is 8.13. The Bertz CT molecular complexity index is 450. The summed E-state index contributed by atoms with van der Waals surface area (Å²) in [5.74, 6) is 0.702. The summed E-state index contributed by atoms with van der Waals surface area (Å²) in [5, 5.41) is 3.73. The van der Waals surface area contributed by atoms with Crippen molar-refractivity contribution in [3.63, 3.8) is 0 Å². The molecule has 110 valence electrons. The topological polar surface area (TPSA) is 21.3 Å². The summed E-state index contributed by atoms with van der Waals surface area (Å²) in [5.41, 5.74) is 4.38. The van der Waals surface area contributed by atoms with Gasteiger partial charge >= 0.3 is 0 Å². The zero-order chi connectivity index (χ0) is 14.1. The van der Waals surface area contributed by atoms with Crippen molar-refractivity contribution in [2.24, 2.45) is 5.92 Å². The molecule has 0 spiro atoms. The average molecular weight is 273 g/mol. The highest BCUT2D eigenvalue weighted by molar-refractivity contribution is 5.34. The summed E-state index contributed by atoms with van der Waals surface area (Å²) in [6.07, 6.45) is 6.00. The van der Waals surface area contributed by atoms with Crippen LogP contribution < -0.4 is 5.32 Å². The molecule has 20 heavy (non-hydrogen) atoms. The Morgan fingerprint density at radius 2 is 2.00 bits per heavy atom. The highest BCUT2D eigenvalue weighted by atomic mass is 16.5. The number of likely N-dealkylation sites (N-methyl/N-ethyl adjacent to an activating group) is 1. The van der Waals surface area contributed by atoms with Crippen LogP contribution in [-0.4, -0.2) is 24.8 Å². The zero-order valence-corrected chi connectivity index (χ0v) is 13.0. The third-order valence-corrected chi connectivity index (χ3v) is 5.20. The lowest BCUT2D eigenvalue weighted by Gasteiger charge is -2.30. The minimum absolute atomic E-state index is 0.508. The SMILES string of the molecule is CCNC(Cc1c(C)cccc1C)C1CC2CCC1O2. The number of rotatable bonds is 5. The molecule has 2 heteroatoms. The van der Waals surface area contributed by atoms with E-state index in [0.717, 1.165) is 13.0 Å². The number of fused-ring (bicyclic) bond motifs is 2. The first kappa shape index (κ1) is 14.1. The molecule has 4 atom stereocenters. The van der Waals surface area contributed by atoms with Crippen molar-refractivity contribution in [1.82, 2.24) is 5.32 Å². The van der Waals surface area contributed by atoms with E-state index in [0.29, 0.717) is 24.2 Å². The van der Waals surface area contributed by atoms with Crippen LogP contribution in [0.25, 0.3) is 0 Å². The lowest BCUT2D eigenvalue weighted by atomic mass is 9.80. The van der Waals surface area contributed by atoms with Gasteiger partial charge in [-0.3, -0.25) is 0 Å². The third-order valence-electron chi connectivity index (χ3n) is 5.20. The summed E-state index contributed by atoms with van der Waals surface area (Å²) in [6.45, 7) is 7.74. The molecule has 2 saturated heterocycles. The van der Waals surface area contributed by atoms with Crippen LogP contribution in [0.1, 0.15) is 42.9 Å². The molecule has 2 aliphatic heterocycles. The van der Waals surface area contributed by atoms with Gasteiger partial charge in [0.25, 0.3) is 0 Å². The molecule has 4 unspecified atom stereocenters. The predicted octanol–water partition coefficient (Wildman–Crippen LogP) is 3.39. The van der Waals surface area contributed by atoms with Crippen LogP contribution in [-0.2, 0) is 11.2 Å². The standard InChI is InChI=1S/C18H27NO/c1-4-19-17(16-10-14-8-9-18(16)20-14)11-15-12(2)6-5-7-13(15)3/h5-7,14,16-19H,4,8-11H2,1-3H3. The molecule has 0 saturated carbocycles. The Morgan fingerprint density at radius 3 is 2.55 bits per heavy atom. The van der Waals surface area contributed by atoms with Crippen LogP contribution in [0, 0.1) is 19.8 Å². The summed E-state index contributed by atoms with van der Waals surface area (Å²) in [6, 6.07) is 7.21. The van der Waals surface area contributed by atoms with E-state index in [1.807, 2.05) is 0 Å². The maximum atomic E-state index is 6.07. The van der Waals surface area contributed by atoms with Gasteiger partial charge in [0.15, 0.2) is 0 Å². The molecule has 2 bridgehead atoms. The molecule has 2 heterocycles. The van der Waals surface area contributed by atoms with Crippen molar-refractivity contribution in [3.8, 4) is 0 Å². The van der Waals surface area contributed by atoms with Crippen molar-refractivity contribution in [3.05, 3.63) is 34.9 Å². The number of aryl methyl sites for hydroxylation is 2. The molecule has 1 aromatic rings. The Morgan fingerprint density at radius 1 is 1.25 bits per heavy atom. The van der Waals surface area contributed by atoms with Gasteiger partial charge in [-0.05, 0) is 62.8 Å². The maximum absolute atomic E-state index is 6.07. The number of nitrogens with one attached hydrogen (secondary N) is 1. The molecule has 3 rings (SSSR count). The molecular weight excluding hydrogens is 246 g/mol. The molecule has 1 aromatic carbocycles. The molecule has 2 aliphatic rings. The molecule has 0 aromatic heterocycles. The van der Waals surface area contributed by atoms with Crippen molar-refractivity contribution in [1.29, 1.82) is 0 Å². The van der Waals surface area contributed by atoms with Crippen LogP contribution in [0.2, 0.25) is 0 Å². The second kappa shape index (κ2) is 5.87. The fraction of sp³-hybridized carbons (Fsp3) is 0.667. The lowest BCUT2D eigenvalue weighted by molar-refractivity contribution is 0.0858. The van der Waals surface area contributed by atoms with E-state index in [4.69, 9.17) is 4.74 Å². The fourth-order valence-electron chi connectivity index (χ4n) is 4.13. The Hall–Kier alpha value is -0.860. The first-order valence-corrected chi connectivity index (χ1v) is 8.13.